The summed E-state index contributed by atoms with van der Waals surface area (Å²) in [4.78, 5) is 12.3. The highest BCUT2D eigenvalue weighted by Crippen LogP contribution is 2.35. The summed E-state index contributed by atoms with van der Waals surface area (Å²) in [6.07, 6.45) is 0. The molecule has 5 rings (SSSR count). The number of hydrogen-bond acceptors (Lipinski definition) is 6. The highest BCUT2D eigenvalue weighted by atomic mass is 16.5. The van der Waals surface area contributed by atoms with Crippen molar-refractivity contribution in [2.24, 2.45) is 20.5 Å². The lowest BCUT2D eigenvalue weighted by molar-refractivity contribution is 0.0735. The van der Waals surface area contributed by atoms with Gasteiger partial charge in [-0.2, -0.15) is 10.2 Å². The van der Waals surface area contributed by atoms with E-state index in [1.807, 2.05) is 86.6 Å². The van der Waals surface area contributed by atoms with Crippen LogP contribution in [-0.4, -0.2) is 5.97 Å². The molecule has 37 heavy (non-hydrogen) atoms. The molecule has 0 atom stereocenters. The second-order valence-corrected chi connectivity index (χ2v) is 8.63. The van der Waals surface area contributed by atoms with Gasteiger partial charge in [0.1, 0.15) is 5.75 Å². The summed E-state index contributed by atoms with van der Waals surface area (Å²) in [7, 11) is 0. The van der Waals surface area contributed by atoms with Crippen LogP contribution in [0.1, 0.15) is 21.5 Å². The molecule has 0 amide bonds. The molecule has 0 aliphatic rings. The van der Waals surface area contributed by atoms with Crippen molar-refractivity contribution in [1.29, 1.82) is 0 Å². The van der Waals surface area contributed by atoms with Crippen LogP contribution in [0.15, 0.2) is 130 Å². The Labute approximate surface area is 215 Å². The third-order valence-electron chi connectivity index (χ3n) is 5.79. The van der Waals surface area contributed by atoms with Gasteiger partial charge in [0, 0.05) is 10.8 Å². The second kappa shape index (κ2) is 10.7. The maximum atomic E-state index is 12.3. The smallest absolute Gasteiger partial charge is 0.343 e. The molecule has 0 unspecified atom stereocenters. The minimum absolute atomic E-state index is 0.402. The van der Waals surface area contributed by atoms with E-state index in [4.69, 9.17) is 4.74 Å². The van der Waals surface area contributed by atoms with Crippen LogP contribution in [0.5, 0.6) is 5.75 Å². The highest BCUT2D eigenvalue weighted by Gasteiger charge is 2.09. The van der Waals surface area contributed by atoms with Gasteiger partial charge in [0.25, 0.3) is 0 Å². The largest absolute Gasteiger partial charge is 0.423 e. The third kappa shape index (κ3) is 5.82. The Morgan fingerprint density at radius 3 is 1.51 bits per heavy atom. The molecular formula is C31H24N4O2. The van der Waals surface area contributed by atoms with Crippen LogP contribution in [-0.2, 0) is 0 Å². The van der Waals surface area contributed by atoms with Crippen LogP contribution in [0, 0.1) is 13.8 Å². The standard InChI is InChI=1S/C31H24N4O2/c1-21-7-11-23(12-8-21)31(36)37-26-17-15-25(16-18-26)33-35-30-20-19-29(27-5-3-4-6-28(27)30)34-32-24-13-9-22(2)10-14-24/h3-20H,1-2H3/b34-32+,35-33+. The average Bonchev–Trinajstić information content (AvgIpc) is 2.93. The third-order valence-corrected chi connectivity index (χ3v) is 5.79. The number of nitrogens with zero attached hydrogens (tertiary/aromatic N) is 4. The van der Waals surface area contributed by atoms with E-state index >= 15 is 0 Å². The number of azo groups is 2. The molecule has 0 saturated carbocycles. The van der Waals surface area contributed by atoms with Crippen molar-refractivity contribution in [1.82, 2.24) is 0 Å². The van der Waals surface area contributed by atoms with E-state index in [2.05, 4.69) is 20.5 Å². The maximum absolute atomic E-state index is 12.3. The summed E-state index contributed by atoms with van der Waals surface area (Å²) in [5.41, 5.74) is 5.68. The van der Waals surface area contributed by atoms with Crippen LogP contribution in [0.3, 0.4) is 0 Å². The Morgan fingerprint density at radius 1 is 0.541 bits per heavy atom. The SMILES string of the molecule is Cc1ccc(/N=N/c2ccc(/N=N/c3ccc(OC(=O)c4ccc(C)cc4)cc3)c3ccccc23)cc1. The molecule has 0 aromatic heterocycles. The molecule has 6 nitrogen and oxygen atoms in total. The Kier molecular flexibility index (Phi) is 6.90. The summed E-state index contributed by atoms with van der Waals surface area (Å²) in [5.74, 6) is 0.0405. The number of rotatable bonds is 6. The molecule has 0 heterocycles. The second-order valence-electron chi connectivity index (χ2n) is 8.63. The molecule has 0 fully saturated rings. The molecule has 5 aromatic rings. The maximum Gasteiger partial charge on any atom is 0.343 e. The van der Waals surface area contributed by atoms with Gasteiger partial charge in [-0.05, 0) is 74.5 Å². The van der Waals surface area contributed by atoms with Gasteiger partial charge in [0.05, 0.1) is 28.3 Å². The van der Waals surface area contributed by atoms with Gasteiger partial charge in [-0.3, -0.25) is 0 Å². The van der Waals surface area contributed by atoms with E-state index in [1.165, 1.54) is 5.56 Å². The van der Waals surface area contributed by atoms with Crippen molar-refractivity contribution < 1.29 is 9.53 Å². The molecule has 0 radical (unpaired) electrons. The molecule has 0 N–H and O–H groups in total. The molecule has 6 heteroatoms. The Balaban J connectivity index is 1.32. The Hall–Kier alpha value is -4.97. The molecule has 0 saturated heterocycles. The van der Waals surface area contributed by atoms with Gasteiger partial charge >= 0.3 is 5.97 Å². The highest BCUT2D eigenvalue weighted by molar-refractivity contribution is 5.99. The topological polar surface area (TPSA) is 75.7 Å². The Morgan fingerprint density at radius 2 is 1.00 bits per heavy atom. The minimum Gasteiger partial charge on any atom is -0.423 e. The van der Waals surface area contributed by atoms with Crippen LogP contribution in [0.2, 0.25) is 0 Å². The zero-order valence-electron chi connectivity index (χ0n) is 20.5. The number of hydrogen-bond donors (Lipinski definition) is 0. The molecular weight excluding hydrogens is 460 g/mol. The van der Waals surface area contributed by atoms with Crippen molar-refractivity contribution in [3.05, 3.63) is 126 Å². The molecule has 5 aromatic carbocycles. The van der Waals surface area contributed by atoms with Gasteiger partial charge in [0.2, 0.25) is 0 Å². The van der Waals surface area contributed by atoms with Crippen molar-refractivity contribution in [2.45, 2.75) is 13.8 Å². The van der Waals surface area contributed by atoms with Crippen molar-refractivity contribution in [3.8, 4) is 5.75 Å². The normalized spacial score (nSPS) is 11.4. The molecule has 0 aliphatic carbocycles. The lowest BCUT2D eigenvalue weighted by Gasteiger charge is -2.05. The quantitative estimate of drug-likeness (QED) is 0.137. The van der Waals surface area contributed by atoms with Crippen molar-refractivity contribution >= 4 is 39.5 Å². The van der Waals surface area contributed by atoms with E-state index in [-0.39, 0.29) is 0 Å². The zero-order chi connectivity index (χ0) is 25.6. The number of benzene rings is 5. The number of ether oxygens (including phenoxy) is 1. The lowest BCUT2D eigenvalue weighted by atomic mass is 10.1. The number of carbonyl (C=O) groups is 1. The molecule has 0 spiro atoms. The van der Waals surface area contributed by atoms with E-state index in [9.17, 15) is 4.79 Å². The fourth-order valence-electron chi connectivity index (χ4n) is 3.71. The van der Waals surface area contributed by atoms with Gasteiger partial charge in [0.15, 0.2) is 0 Å². The number of aryl methyl sites for hydroxylation is 2. The first-order valence-electron chi connectivity index (χ1n) is 11.9. The number of carbonyl (C=O) groups excluding carboxylic acids is 1. The zero-order valence-corrected chi connectivity index (χ0v) is 20.5. The van der Waals surface area contributed by atoms with Gasteiger partial charge in [-0.1, -0.05) is 59.7 Å². The first-order valence-corrected chi connectivity index (χ1v) is 11.9. The van der Waals surface area contributed by atoms with Crippen molar-refractivity contribution in [3.63, 3.8) is 0 Å². The van der Waals surface area contributed by atoms with E-state index < -0.39 is 5.97 Å². The fourth-order valence-corrected chi connectivity index (χ4v) is 3.71. The van der Waals surface area contributed by atoms with E-state index in [0.717, 1.165) is 33.4 Å². The van der Waals surface area contributed by atoms with E-state index in [0.29, 0.717) is 17.0 Å². The van der Waals surface area contributed by atoms with Crippen LogP contribution < -0.4 is 4.74 Å². The first-order chi connectivity index (χ1) is 18.0. The van der Waals surface area contributed by atoms with Crippen LogP contribution in [0.25, 0.3) is 10.8 Å². The average molecular weight is 485 g/mol. The molecule has 0 aliphatic heterocycles. The summed E-state index contributed by atoms with van der Waals surface area (Å²) in [5, 5.41) is 19.5. The van der Waals surface area contributed by atoms with Gasteiger partial charge < -0.3 is 4.74 Å². The monoisotopic (exact) mass is 484 g/mol. The first kappa shape index (κ1) is 23.8. The number of fused-ring (bicyclic) bond motifs is 1. The summed E-state index contributed by atoms with van der Waals surface area (Å²) >= 11 is 0. The number of esters is 1. The van der Waals surface area contributed by atoms with Crippen molar-refractivity contribution in [2.75, 3.05) is 0 Å². The molecule has 0 bridgehead atoms. The predicted octanol–water partition coefficient (Wildman–Crippen LogP) is 9.51. The summed E-state index contributed by atoms with van der Waals surface area (Å²) < 4.78 is 5.46. The van der Waals surface area contributed by atoms with Crippen LogP contribution >= 0.6 is 0 Å². The predicted molar refractivity (Wildman–Crippen MR) is 146 cm³/mol. The van der Waals surface area contributed by atoms with E-state index in [1.54, 1.807) is 36.4 Å². The fraction of sp³-hybridized carbons (Fsp3) is 0.0645. The van der Waals surface area contributed by atoms with Gasteiger partial charge in [-0.15, -0.1) is 10.2 Å². The lowest BCUT2D eigenvalue weighted by Crippen LogP contribution is -2.08. The Bertz CT molecular complexity index is 1610. The van der Waals surface area contributed by atoms with Gasteiger partial charge in [-0.25, -0.2) is 4.79 Å². The summed E-state index contributed by atoms with van der Waals surface area (Å²) in [6.45, 7) is 4.01. The summed E-state index contributed by atoms with van der Waals surface area (Å²) in [6, 6.07) is 33.8. The molecule has 180 valence electrons. The minimum atomic E-state index is -0.402. The van der Waals surface area contributed by atoms with Crippen LogP contribution in [0.4, 0.5) is 22.7 Å².